The van der Waals surface area contributed by atoms with Crippen LogP contribution in [-0.4, -0.2) is 39.3 Å². The molecule has 5 nitrogen and oxygen atoms in total. The Morgan fingerprint density at radius 1 is 1.11 bits per heavy atom. The maximum absolute atomic E-state index is 12.2. The standard InChI is InChI=1S/C22H38O5/c1-3-5-7-8-10-11-16(23)13-14-17-19(15-20(24)21(17)25)18(22(26)27)12-9-6-4-2/h4,6,17-21,24-25H,3,5,7-15H2,1-2H3,(H,26,27). The number of carboxylic acids is 1. The van der Waals surface area contributed by atoms with E-state index in [4.69, 9.17) is 0 Å². The number of rotatable bonds is 14. The van der Waals surface area contributed by atoms with Crippen LogP contribution in [0.25, 0.3) is 0 Å². The van der Waals surface area contributed by atoms with Crippen molar-refractivity contribution in [3.63, 3.8) is 0 Å². The van der Waals surface area contributed by atoms with Crippen LogP contribution >= 0.6 is 0 Å². The molecule has 3 N–H and O–H groups in total. The number of carboxylic acid groups (broad SMARTS) is 1. The summed E-state index contributed by atoms with van der Waals surface area (Å²) in [5.74, 6) is -1.90. The van der Waals surface area contributed by atoms with E-state index >= 15 is 0 Å². The van der Waals surface area contributed by atoms with E-state index < -0.39 is 24.1 Å². The summed E-state index contributed by atoms with van der Waals surface area (Å²) in [4.78, 5) is 23.9. The summed E-state index contributed by atoms with van der Waals surface area (Å²) in [7, 11) is 0. The maximum Gasteiger partial charge on any atom is 0.306 e. The van der Waals surface area contributed by atoms with Crippen LogP contribution in [0.1, 0.15) is 84.5 Å². The Hall–Kier alpha value is -1.20. The lowest BCUT2D eigenvalue weighted by Gasteiger charge is -2.26. The van der Waals surface area contributed by atoms with Crippen molar-refractivity contribution in [1.29, 1.82) is 0 Å². The Labute approximate surface area is 163 Å². The zero-order valence-electron chi connectivity index (χ0n) is 17.0. The molecule has 0 aromatic rings. The molecule has 0 radical (unpaired) electrons. The highest BCUT2D eigenvalue weighted by atomic mass is 16.4. The van der Waals surface area contributed by atoms with Gasteiger partial charge in [-0.2, -0.15) is 0 Å². The summed E-state index contributed by atoms with van der Waals surface area (Å²) in [5, 5.41) is 30.1. The van der Waals surface area contributed by atoms with Crippen molar-refractivity contribution in [2.45, 2.75) is 96.7 Å². The summed E-state index contributed by atoms with van der Waals surface area (Å²) in [6.45, 7) is 4.06. The minimum Gasteiger partial charge on any atom is -0.481 e. The van der Waals surface area contributed by atoms with Gasteiger partial charge in [-0.15, -0.1) is 0 Å². The maximum atomic E-state index is 12.2. The molecule has 5 atom stereocenters. The molecule has 1 aliphatic carbocycles. The van der Waals surface area contributed by atoms with E-state index in [1.165, 1.54) is 12.8 Å². The van der Waals surface area contributed by atoms with Crippen LogP contribution in [0.3, 0.4) is 0 Å². The molecule has 0 aliphatic heterocycles. The number of unbranched alkanes of at least 4 members (excludes halogenated alkanes) is 4. The van der Waals surface area contributed by atoms with E-state index in [9.17, 15) is 24.9 Å². The first-order chi connectivity index (χ1) is 12.9. The lowest BCUT2D eigenvalue weighted by molar-refractivity contribution is -0.144. The van der Waals surface area contributed by atoms with E-state index in [2.05, 4.69) is 6.92 Å². The highest BCUT2D eigenvalue weighted by Crippen LogP contribution is 2.42. The molecule has 0 heterocycles. The smallest absolute Gasteiger partial charge is 0.306 e. The molecule has 27 heavy (non-hydrogen) atoms. The van der Waals surface area contributed by atoms with Gasteiger partial charge in [0.15, 0.2) is 0 Å². The minimum atomic E-state index is -0.934. The fourth-order valence-electron chi connectivity index (χ4n) is 4.32. The van der Waals surface area contributed by atoms with Gasteiger partial charge in [0.1, 0.15) is 5.78 Å². The largest absolute Gasteiger partial charge is 0.481 e. The fraction of sp³-hybridized carbons (Fsp3) is 0.818. The third-order valence-electron chi connectivity index (χ3n) is 5.93. The van der Waals surface area contributed by atoms with Crippen LogP contribution < -0.4 is 0 Å². The van der Waals surface area contributed by atoms with E-state index in [-0.39, 0.29) is 17.6 Å². The molecular formula is C22H38O5. The number of ketones is 1. The predicted molar refractivity (Wildman–Crippen MR) is 106 cm³/mol. The Morgan fingerprint density at radius 2 is 1.81 bits per heavy atom. The molecule has 1 fully saturated rings. The lowest BCUT2D eigenvalue weighted by Crippen LogP contribution is -2.31. The topological polar surface area (TPSA) is 94.8 Å². The molecule has 1 aliphatic rings. The van der Waals surface area contributed by atoms with E-state index in [0.717, 1.165) is 19.3 Å². The van der Waals surface area contributed by atoms with Crippen molar-refractivity contribution in [3.8, 4) is 0 Å². The predicted octanol–water partition coefficient (Wildman–Crippen LogP) is 4.11. The second kappa shape index (κ2) is 13.1. The van der Waals surface area contributed by atoms with E-state index in [0.29, 0.717) is 38.5 Å². The lowest BCUT2D eigenvalue weighted by atomic mass is 9.78. The Kier molecular flexibility index (Phi) is 11.5. The number of Topliss-reactive ketones (excluding diaryl/α,β-unsaturated/α-hetero) is 1. The third kappa shape index (κ3) is 8.14. The number of hydrogen-bond acceptors (Lipinski definition) is 4. The summed E-state index contributed by atoms with van der Waals surface area (Å²) < 4.78 is 0. The molecule has 0 aromatic heterocycles. The third-order valence-corrected chi connectivity index (χ3v) is 5.93. The van der Waals surface area contributed by atoms with Crippen LogP contribution in [0.5, 0.6) is 0 Å². The number of aliphatic hydroxyl groups excluding tert-OH is 2. The molecule has 0 bridgehead atoms. The number of hydrogen-bond donors (Lipinski definition) is 3. The van der Waals surface area contributed by atoms with Crippen molar-refractivity contribution in [2.75, 3.05) is 0 Å². The van der Waals surface area contributed by atoms with Gasteiger partial charge in [0.25, 0.3) is 0 Å². The van der Waals surface area contributed by atoms with Crippen LogP contribution in [0.15, 0.2) is 12.2 Å². The van der Waals surface area contributed by atoms with Crippen LogP contribution in [0.4, 0.5) is 0 Å². The van der Waals surface area contributed by atoms with Gasteiger partial charge in [-0.05, 0) is 50.9 Å². The number of allylic oxidation sites excluding steroid dienone is 2. The summed E-state index contributed by atoms with van der Waals surface area (Å²) in [6, 6.07) is 0. The van der Waals surface area contributed by atoms with Crippen molar-refractivity contribution < 1.29 is 24.9 Å². The van der Waals surface area contributed by atoms with Gasteiger partial charge in [-0.25, -0.2) is 0 Å². The zero-order valence-corrected chi connectivity index (χ0v) is 17.0. The molecule has 0 spiro atoms. The monoisotopic (exact) mass is 382 g/mol. The van der Waals surface area contributed by atoms with Gasteiger partial charge in [0, 0.05) is 12.8 Å². The minimum absolute atomic E-state index is 0.180. The Bertz CT molecular complexity index is 473. The SMILES string of the molecule is CC=CCCC(C(=O)O)C1CC(O)C(O)C1CCC(=O)CCCCCCC. The second-order valence-electron chi connectivity index (χ2n) is 7.95. The summed E-state index contributed by atoms with van der Waals surface area (Å²) >= 11 is 0. The zero-order chi connectivity index (χ0) is 20.2. The van der Waals surface area contributed by atoms with Gasteiger partial charge in [-0.3, -0.25) is 9.59 Å². The van der Waals surface area contributed by atoms with E-state index in [1.807, 2.05) is 19.1 Å². The number of carbonyl (C=O) groups excluding carboxylic acids is 1. The normalized spacial score (nSPS) is 26.5. The molecule has 0 amide bonds. The highest BCUT2D eigenvalue weighted by Gasteiger charge is 2.46. The van der Waals surface area contributed by atoms with Crippen molar-refractivity contribution >= 4 is 11.8 Å². The first-order valence-electron chi connectivity index (χ1n) is 10.6. The molecule has 1 saturated carbocycles. The van der Waals surface area contributed by atoms with Gasteiger partial charge in [-0.1, -0.05) is 44.8 Å². The fourth-order valence-corrected chi connectivity index (χ4v) is 4.32. The molecule has 5 unspecified atom stereocenters. The Balaban J connectivity index is 2.57. The van der Waals surface area contributed by atoms with Gasteiger partial charge >= 0.3 is 5.97 Å². The van der Waals surface area contributed by atoms with Gasteiger partial charge in [0.05, 0.1) is 18.1 Å². The molecule has 5 heteroatoms. The average Bonchev–Trinajstić information content (AvgIpc) is 2.90. The quantitative estimate of drug-likeness (QED) is 0.310. The molecule has 1 rings (SSSR count). The number of aliphatic hydroxyl groups is 2. The second-order valence-corrected chi connectivity index (χ2v) is 7.95. The van der Waals surface area contributed by atoms with Crippen molar-refractivity contribution in [2.24, 2.45) is 17.8 Å². The number of carbonyl (C=O) groups is 2. The number of aliphatic carboxylic acids is 1. The molecule has 0 aromatic carbocycles. The van der Waals surface area contributed by atoms with Crippen molar-refractivity contribution in [1.82, 2.24) is 0 Å². The Morgan fingerprint density at radius 3 is 2.44 bits per heavy atom. The van der Waals surface area contributed by atoms with Crippen LogP contribution in [0.2, 0.25) is 0 Å². The average molecular weight is 383 g/mol. The van der Waals surface area contributed by atoms with Gasteiger partial charge < -0.3 is 15.3 Å². The first-order valence-corrected chi connectivity index (χ1v) is 10.6. The molecule has 156 valence electrons. The van der Waals surface area contributed by atoms with E-state index in [1.54, 1.807) is 0 Å². The summed E-state index contributed by atoms with van der Waals surface area (Å²) in [6.07, 6.45) is 10.3. The molecular weight excluding hydrogens is 344 g/mol. The van der Waals surface area contributed by atoms with Gasteiger partial charge in [0.2, 0.25) is 0 Å². The van der Waals surface area contributed by atoms with Crippen molar-refractivity contribution in [3.05, 3.63) is 12.2 Å². The van der Waals surface area contributed by atoms with Crippen LogP contribution in [-0.2, 0) is 9.59 Å². The highest BCUT2D eigenvalue weighted by molar-refractivity contribution is 5.78. The summed E-state index contributed by atoms with van der Waals surface area (Å²) in [5.41, 5.74) is 0. The molecule has 0 saturated heterocycles. The first kappa shape index (κ1) is 23.8. The van der Waals surface area contributed by atoms with Crippen LogP contribution in [0, 0.1) is 17.8 Å².